The summed E-state index contributed by atoms with van der Waals surface area (Å²) >= 11 is 0. The van der Waals surface area contributed by atoms with Gasteiger partial charge in [-0.1, -0.05) is 13.0 Å². The summed E-state index contributed by atoms with van der Waals surface area (Å²) in [4.78, 5) is 17.0. The zero-order valence-electron chi connectivity index (χ0n) is 5.03. The Kier molecular flexibility index (Phi) is 3.12. The second kappa shape index (κ2) is 3.16. The first-order chi connectivity index (χ1) is 4.02. The topological polar surface area (TPSA) is 57.5 Å². The Bertz CT molecular complexity index is 137. The van der Waals surface area contributed by atoms with Crippen LogP contribution < -0.4 is 0 Å². The summed E-state index contributed by atoms with van der Waals surface area (Å²) in [7, 11) is -3.96. The van der Waals surface area contributed by atoms with E-state index >= 15 is 0 Å². The van der Waals surface area contributed by atoms with Crippen LogP contribution in [0.1, 0.15) is 6.42 Å². The molecule has 1 unspecified atom stereocenters. The summed E-state index contributed by atoms with van der Waals surface area (Å²) in [6.45, 7) is 6.63. The van der Waals surface area contributed by atoms with Crippen molar-refractivity contribution in [3.05, 3.63) is 19.6 Å². The molecular formula is C5H10O3P. The number of allylic oxidation sites excluding steroid dienone is 1. The molecule has 1 radical (unpaired) electrons. The Morgan fingerprint density at radius 2 is 2.11 bits per heavy atom. The van der Waals surface area contributed by atoms with Crippen LogP contribution in [-0.4, -0.2) is 15.4 Å². The van der Waals surface area contributed by atoms with E-state index in [9.17, 15) is 4.57 Å². The Hall–Kier alpha value is -0.110. The van der Waals surface area contributed by atoms with Crippen molar-refractivity contribution in [3.63, 3.8) is 0 Å². The highest BCUT2D eigenvalue weighted by Crippen LogP contribution is 2.42. The molecule has 0 heterocycles. The summed E-state index contributed by atoms with van der Waals surface area (Å²) in [5.74, 6) is 0. The lowest BCUT2D eigenvalue weighted by Gasteiger charge is -2.09. The highest BCUT2D eigenvalue weighted by Gasteiger charge is 2.22. The van der Waals surface area contributed by atoms with Crippen molar-refractivity contribution in [2.24, 2.45) is 0 Å². The van der Waals surface area contributed by atoms with Gasteiger partial charge in [-0.25, -0.2) is 0 Å². The largest absolute Gasteiger partial charge is 0.332 e. The summed E-state index contributed by atoms with van der Waals surface area (Å²) in [5, 5.41) is 0. The number of hydrogen-bond donors (Lipinski definition) is 2. The second-order valence-corrected chi connectivity index (χ2v) is 3.52. The average Bonchev–Trinajstić information content (AvgIpc) is 1.65. The quantitative estimate of drug-likeness (QED) is 0.463. The third-order valence-electron chi connectivity index (χ3n) is 1.000. The minimum atomic E-state index is -3.96. The van der Waals surface area contributed by atoms with Crippen molar-refractivity contribution in [1.82, 2.24) is 0 Å². The highest BCUT2D eigenvalue weighted by atomic mass is 31.2. The molecule has 0 aliphatic rings. The molecule has 0 fully saturated rings. The summed E-state index contributed by atoms with van der Waals surface area (Å²) in [6, 6.07) is 0. The van der Waals surface area contributed by atoms with E-state index in [1.807, 2.05) is 0 Å². The Morgan fingerprint density at radius 1 is 1.67 bits per heavy atom. The predicted molar refractivity (Wildman–Crippen MR) is 36.0 cm³/mol. The molecule has 0 saturated carbocycles. The average molecular weight is 149 g/mol. The molecule has 0 aromatic carbocycles. The monoisotopic (exact) mass is 149 g/mol. The van der Waals surface area contributed by atoms with Gasteiger partial charge in [-0.05, 0) is 6.42 Å². The molecule has 53 valence electrons. The molecular weight excluding hydrogens is 139 g/mol. The third kappa shape index (κ3) is 2.80. The van der Waals surface area contributed by atoms with Crippen LogP contribution in [0, 0.1) is 6.92 Å². The number of rotatable bonds is 3. The zero-order valence-corrected chi connectivity index (χ0v) is 5.92. The molecule has 0 aliphatic heterocycles. The molecule has 0 bridgehead atoms. The predicted octanol–water partition coefficient (Wildman–Crippen LogP) is 0.943. The van der Waals surface area contributed by atoms with Gasteiger partial charge < -0.3 is 9.79 Å². The van der Waals surface area contributed by atoms with Crippen molar-refractivity contribution in [2.75, 3.05) is 0 Å². The maximum absolute atomic E-state index is 10.4. The van der Waals surface area contributed by atoms with Gasteiger partial charge in [0, 0.05) is 0 Å². The van der Waals surface area contributed by atoms with Crippen molar-refractivity contribution in [2.45, 2.75) is 12.1 Å². The number of hydrogen-bond acceptors (Lipinski definition) is 1. The van der Waals surface area contributed by atoms with Crippen LogP contribution in [0.2, 0.25) is 0 Å². The zero-order chi connectivity index (χ0) is 7.49. The first-order valence-electron chi connectivity index (χ1n) is 2.49. The fourth-order valence-corrected chi connectivity index (χ4v) is 1.03. The van der Waals surface area contributed by atoms with Crippen molar-refractivity contribution in [3.8, 4) is 0 Å². The van der Waals surface area contributed by atoms with E-state index in [0.717, 1.165) is 0 Å². The normalized spacial score (nSPS) is 15.0. The smallest absolute Gasteiger partial charge is 0.324 e. The molecule has 9 heavy (non-hydrogen) atoms. The molecule has 0 aromatic rings. The molecule has 0 aliphatic carbocycles. The van der Waals surface area contributed by atoms with Crippen LogP contribution in [0.15, 0.2) is 12.7 Å². The molecule has 0 rings (SSSR count). The minimum absolute atomic E-state index is 0.188. The fourth-order valence-electron chi connectivity index (χ4n) is 0.423. The Balaban J connectivity index is 4.12. The van der Waals surface area contributed by atoms with Crippen LogP contribution in [0.5, 0.6) is 0 Å². The van der Waals surface area contributed by atoms with Gasteiger partial charge in [0.2, 0.25) is 0 Å². The molecule has 0 spiro atoms. The van der Waals surface area contributed by atoms with Gasteiger partial charge in [0.05, 0.1) is 5.66 Å². The molecule has 3 nitrogen and oxygen atoms in total. The SMILES string of the molecule is [CH2]CC(C=C)P(=O)(O)O. The lowest BCUT2D eigenvalue weighted by Crippen LogP contribution is -2.01. The molecule has 2 N–H and O–H groups in total. The van der Waals surface area contributed by atoms with Gasteiger partial charge >= 0.3 is 7.60 Å². The molecule has 0 aromatic heterocycles. The summed E-state index contributed by atoms with van der Waals surface area (Å²) < 4.78 is 10.4. The van der Waals surface area contributed by atoms with Crippen LogP contribution in [0.4, 0.5) is 0 Å². The maximum Gasteiger partial charge on any atom is 0.332 e. The Labute approximate surface area is 54.6 Å². The van der Waals surface area contributed by atoms with E-state index < -0.39 is 13.3 Å². The summed E-state index contributed by atoms with van der Waals surface area (Å²) in [6.07, 6.45) is 1.42. The van der Waals surface area contributed by atoms with Gasteiger partial charge in [0.1, 0.15) is 0 Å². The molecule has 0 saturated heterocycles. The van der Waals surface area contributed by atoms with Crippen LogP contribution in [-0.2, 0) is 4.57 Å². The van der Waals surface area contributed by atoms with Gasteiger partial charge in [-0.15, -0.1) is 6.58 Å². The highest BCUT2D eigenvalue weighted by molar-refractivity contribution is 7.52. The van der Waals surface area contributed by atoms with Crippen LogP contribution in [0.25, 0.3) is 0 Å². The van der Waals surface area contributed by atoms with Crippen LogP contribution in [0.3, 0.4) is 0 Å². The van der Waals surface area contributed by atoms with Gasteiger partial charge in [0.25, 0.3) is 0 Å². The van der Waals surface area contributed by atoms with E-state index in [1.165, 1.54) is 6.08 Å². The Morgan fingerprint density at radius 3 is 2.11 bits per heavy atom. The van der Waals surface area contributed by atoms with E-state index in [0.29, 0.717) is 0 Å². The van der Waals surface area contributed by atoms with Crippen molar-refractivity contribution < 1.29 is 14.4 Å². The fraction of sp³-hybridized carbons (Fsp3) is 0.400. The van der Waals surface area contributed by atoms with Crippen molar-refractivity contribution in [1.29, 1.82) is 0 Å². The van der Waals surface area contributed by atoms with E-state index in [2.05, 4.69) is 13.5 Å². The standard InChI is InChI=1S/C5H10O3P/c1-3-5(4-2)9(6,7)8/h3,5H,1-2,4H2,(H2,6,7,8). The lowest BCUT2D eigenvalue weighted by atomic mass is 10.3. The third-order valence-corrected chi connectivity index (χ3v) is 2.33. The van der Waals surface area contributed by atoms with E-state index in [1.54, 1.807) is 0 Å². The van der Waals surface area contributed by atoms with Gasteiger partial charge in [-0.2, -0.15) is 0 Å². The van der Waals surface area contributed by atoms with Gasteiger partial charge in [-0.3, -0.25) is 4.57 Å². The molecule has 1 atom stereocenters. The van der Waals surface area contributed by atoms with Gasteiger partial charge in [0.15, 0.2) is 0 Å². The van der Waals surface area contributed by atoms with E-state index in [-0.39, 0.29) is 6.42 Å². The molecule has 4 heteroatoms. The van der Waals surface area contributed by atoms with Crippen LogP contribution >= 0.6 is 7.60 Å². The minimum Gasteiger partial charge on any atom is -0.324 e. The first-order valence-corrected chi connectivity index (χ1v) is 4.17. The lowest BCUT2D eigenvalue weighted by molar-refractivity contribution is 0.365. The summed E-state index contributed by atoms with van der Waals surface area (Å²) in [5.41, 5.74) is -0.780. The second-order valence-electron chi connectivity index (χ2n) is 1.68. The van der Waals surface area contributed by atoms with E-state index in [4.69, 9.17) is 9.79 Å². The maximum atomic E-state index is 10.4. The first kappa shape index (κ1) is 8.89. The van der Waals surface area contributed by atoms with Crippen molar-refractivity contribution >= 4 is 7.60 Å². The molecule has 0 amide bonds.